The van der Waals surface area contributed by atoms with Gasteiger partial charge >= 0.3 is 0 Å². The summed E-state index contributed by atoms with van der Waals surface area (Å²) in [6.45, 7) is 12.5. The van der Waals surface area contributed by atoms with Crippen LogP contribution in [0.4, 0.5) is 0 Å². The number of phenols is 1. The molecule has 1 aromatic heterocycles. The van der Waals surface area contributed by atoms with Gasteiger partial charge in [-0.3, -0.25) is 9.69 Å². The van der Waals surface area contributed by atoms with Crippen LogP contribution in [-0.4, -0.2) is 62.4 Å². The van der Waals surface area contributed by atoms with Gasteiger partial charge < -0.3 is 19.9 Å². The average molecular weight is 550 g/mol. The normalized spacial score (nSPS) is 25.0. The van der Waals surface area contributed by atoms with E-state index in [1.54, 1.807) is 12.1 Å². The summed E-state index contributed by atoms with van der Waals surface area (Å²) in [7, 11) is 0. The Labute approximate surface area is 220 Å². The predicted molar refractivity (Wildman–Crippen MR) is 146 cm³/mol. The lowest BCUT2D eigenvalue weighted by Gasteiger charge is -2.44. The molecule has 2 fully saturated rings. The van der Waals surface area contributed by atoms with E-state index in [0.29, 0.717) is 13.0 Å². The number of H-pyrrole nitrogens is 1. The molecule has 2 N–H and O–H groups in total. The van der Waals surface area contributed by atoms with Crippen LogP contribution in [0.2, 0.25) is 0 Å². The monoisotopic (exact) mass is 548 g/mol. The Morgan fingerprint density at radius 2 is 1.94 bits per heavy atom. The number of aromatic hydroxyl groups is 1. The van der Waals surface area contributed by atoms with Crippen LogP contribution < -0.4 is 0 Å². The number of amides is 1. The van der Waals surface area contributed by atoms with Gasteiger partial charge in [-0.25, -0.2) is 0 Å². The number of piperidine rings is 1. The van der Waals surface area contributed by atoms with Gasteiger partial charge in [-0.15, -0.1) is 0 Å². The van der Waals surface area contributed by atoms with Crippen molar-refractivity contribution in [1.82, 2.24) is 19.7 Å². The first-order valence-electron chi connectivity index (χ1n) is 12.9. The van der Waals surface area contributed by atoms with Gasteiger partial charge in [0.25, 0.3) is 5.91 Å². The summed E-state index contributed by atoms with van der Waals surface area (Å²) in [4.78, 5) is 24.3. The van der Waals surface area contributed by atoms with E-state index < -0.39 is 5.54 Å². The maximum atomic E-state index is 14.1. The van der Waals surface area contributed by atoms with Crippen LogP contribution in [0.5, 0.6) is 5.75 Å². The van der Waals surface area contributed by atoms with Crippen molar-refractivity contribution >= 4 is 32.7 Å². The van der Waals surface area contributed by atoms with Crippen LogP contribution in [0, 0.1) is 5.92 Å². The highest BCUT2D eigenvalue weighted by Crippen LogP contribution is 2.51. The Hall–Kier alpha value is -2.77. The number of fused-ring (bicyclic) bond motifs is 4. The molecular formula is C29H33BrN4O2. The molecule has 6 rings (SSSR count). The van der Waals surface area contributed by atoms with Gasteiger partial charge in [0.05, 0.1) is 6.04 Å². The standard InChI is InChI=1S/C29H33BrN4O2/c1-18-9-11-32(12-10-18)13-14-33-19(2)34-27(20-5-4-6-22(35)15-20)26-24(17-29(34,3)28(33)36)23-16-21(30)7-8-25(23)31-26/h4-8,15-16,18,27,31,35H,2,9-14,17H2,1,3H3/t27-,29+/m1/s1. The lowest BCUT2D eigenvalue weighted by Crippen LogP contribution is -2.52. The molecule has 0 aliphatic carbocycles. The third kappa shape index (κ3) is 3.67. The van der Waals surface area contributed by atoms with E-state index in [4.69, 9.17) is 0 Å². The predicted octanol–water partition coefficient (Wildman–Crippen LogP) is 5.39. The van der Waals surface area contributed by atoms with Crippen molar-refractivity contribution in [2.24, 2.45) is 5.92 Å². The van der Waals surface area contributed by atoms with Crippen molar-refractivity contribution in [2.75, 3.05) is 26.2 Å². The molecule has 2 atom stereocenters. The van der Waals surface area contributed by atoms with E-state index in [0.717, 1.165) is 63.6 Å². The number of aromatic nitrogens is 1. The molecule has 188 valence electrons. The first-order valence-corrected chi connectivity index (χ1v) is 13.7. The molecule has 3 aliphatic rings. The fraction of sp³-hybridized carbons (Fsp3) is 0.414. The highest BCUT2D eigenvalue weighted by Gasteiger charge is 2.57. The van der Waals surface area contributed by atoms with E-state index >= 15 is 0 Å². The van der Waals surface area contributed by atoms with Crippen LogP contribution in [0.1, 0.15) is 49.6 Å². The Morgan fingerprint density at radius 3 is 2.69 bits per heavy atom. The fourth-order valence-corrected chi connectivity index (χ4v) is 6.79. The summed E-state index contributed by atoms with van der Waals surface area (Å²) >= 11 is 3.63. The second kappa shape index (κ2) is 8.67. The van der Waals surface area contributed by atoms with E-state index in [9.17, 15) is 9.90 Å². The van der Waals surface area contributed by atoms with Crippen LogP contribution in [0.15, 0.2) is 59.3 Å². The number of phenolic OH excluding ortho intramolecular Hbond substituents is 1. The van der Waals surface area contributed by atoms with Gasteiger partial charge in [-0.05, 0) is 80.2 Å². The Balaban J connectivity index is 1.41. The molecule has 3 aromatic rings. The van der Waals surface area contributed by atoms with E-state index in [1.807, 2.05) is 23.1 Å². The highest BCUT2D eigenvalue weighted by atomic mass is 79.9. The molecular weight excluding hydrogens is 516 g/mol. The summed E-state index contributed by atoms with van der Waals surface area (Å²) in [6.07, 6.45) is 3.04. The molecule has 0 saturated carbocycles. The van der Waals surface area contributed by atoms with Crippen LogP contribution in [0.3, 0.4) is 0 Å². The second-order valence-corrected chi connectivity index (χ2v) is 11.8. The first kappa shape index (κ1) is 23.6. The van der Waals surface area contributed by atoms with E-state index in [2.05, 4.69) is 63.3 Å². The van der Waals surface area contributed by atoms with Gasteiger partial charge in [0.15, 0.2) is 0 Å². The molecule has 7 heteroatoms. The number of rotatable bonds is 4. The molecule has 0 unspecified atom stereocenters. The minimum absolute atomic E-state index is 0.109. The molecule has 3 aliphatic heterocycles. The summed E-state index contributed by atoms with van der Waals surface area (Å²) < 4.78 is 1.01. The van der Waals surface area contributed by atoms with Crippen LogP contribution in [0.25, 0.3) is 10.9 Å². The Morgan fingerprint density at radius 1 is 1.17 bits per heavy atom. The molecule has 0 spiro atoms. The maximum Gasteiger partial charge on any atom is 0.254 e. The third-order valence-electron chi connectivity index (χ3n) is 8.48. The smallest absolute Gasteiger partial charge is 0.254 e. The molecule has 0 radical (unpaired) electrons. The summed E-state index contributed by atoms with van der Waals surface area (Å²) in [5, 5.41) is 11.5. The molecule has 2 saturated heterocycles. The minimum Gasteiger partial charge on any atom is -0.508 e. The molecule has 1 amide bonds. The number of nitrogens with zero attached hydrogens (tertiary/aromatic N) is 3. The van der Waals surface area contributed by atoms with Gasteiger partial charge in [-0.1, -0.05) is 41.6 Å². The van der Waals surface area contributed by atoms with Crippen LogP contribution in [-0.2, 0) is 11.2 Å². The fourth-order valence-electron chi connectivity index (χ4n) is 6.43. The Kier molecular flexibility index (Phi) is 5.68. The number of likely N-dealkylation sites (tertiary alicyclic amines) is 1. The quantitative estimate of drug-likeness (QED) is 0.459. The largest absolute Gasteiger partial charge is 0.508 e. The van der Waals surface area contributed by atoms with E-state index in [1.165, 1.54) is 12.8 Å². The number of hydrogen-bond acceptors (Lipinski definition) is 4. The molecule has 2 aromatic carbocycles. The van der Waals surface area contributed by atoms with Crippen molar-refractivity contribution in [2.45, 2.75) is 44.7 Å². The zero-order chi connectivity index (χ0) is 25.2. The molecule has 4 heterocycles. The summed E-state index contributed by atoms with van der Waals surface area (Å²) in [5.41, 5.74) is 3.45. The lowest BCUT2D eigenvalue weighted by molar-refractivity contribution is -0.133. The number of aromatic amines is 1. The van der Waals surface area contributed by atoms with Crippen molar-refractivity contribution in [1.29, 1.82) is 0 Å². The maximum absolute atomic E-state index is 14.1. The third-order valence-corrected chi connectivity index (χ3v) is 8.98. The molecule has 6 nitrogen and oxygen atoms in total. The van der Waals surface area contributed by atoms with Crippen LogP contribution >= 0.6 is 15.9 Å². The molecule has 0 bridgehead atoms. The SMILES string of the molecule is C=C1N(CCN2CCC(C)CC2)C(=O)[C@]2(C)Cc3c([nH]c4ccc(Br)cc34)[C@@H](c3cccc(O)c3)N12. The minimum atomic E-state index is -0.756. The first-order chi connectivity index (χ1) is 17.3. The number of hydrogen-bond donors (Lipinski definition) is 2. The number of carbonyl (C=O) groups is 1. The number of nitrogens with one attached hydrogen (secondary N) is 1. The topological polar surface area (TPSA) is 62.8 Å². The number of carbonyl (C=O) groups excluding carboxylic acids is 1. The zero-order valence-electron chi connectivity index (χ0n) is 20.9. The zero-order valence-corrected chi connectivity index (χ0v) is 22.5. The van der Waals surface area contributed by atoms with Crippen molar-refractivity contribution in [3.05, 3.63) is 76.2 Å². The number of benzene rings is 2. The van der Waals surface area contributed by atoms with Gasteiger partial charge in [0, 0.05) is 40.6 Å². The van der Waals surface area contributed by atoms with Gasteiger partial charge in [0.2, 0.25) is 0 Å². The Bertz CT molecular complexity index is 1360. The van der Waals surface area contributed by atoms with Gasteiger partial charge in [-0.2, -0.15) is 0 Å². The number of halogens is 1. The summed E-state index contributed by atoms with van der Waals surface area (Å²) in [6, 6.07) is 13.4. The average Bonchev–Trinajstić information content (AvgIpc) is 3.29. The van der Waals surface area contributed by atoms with Gasteiger partial charge in [0.1, 0.15) is 17.1 Å². The highest BCUT2D eigenvalue weighted by molar-refractivity contribution is 9.10. The van der Waals surface area contributed by atoms with Crippen molar-refractivity contribution in [3.8, 4) is 5.75 Å². The lowest BCUT2D eigenvalue weighted by atomic mass is 9.81. The summed E-state index contributed by atoms with van der Waals surface area (Å²) in [5.74, 6) is 1.85. The molecule has 36 heavy (non-hydrogen) atoms. The second-order valence-electron chi connectivity index (χ2n) is 10.9. The van der Waals surface area contributed by atoms with E-state index in [-0.39, 0.29) is 17.7 Å². The van der Waals surface area contributed by atoms with Crippen molar-refractivity contribution in [3.63, 3.8) is 0 Å². The van der Waals surface area contributed by atoms with Crippen molar-refractivity contribution < 1.29 is 9.90 Å².